The Morgan fingerprint density at radius 2 is 1.71 bits per heavy atom. The van der Waals surface area contributed by atoms with E-state index >= 15 is 0 Å². The predicted molar refractivity (Wildman–Crippen MR) is 131 cm³/mol. The van der Waals surface area contributed by atoms with Crippen LogP contribution >= 0.6 is 0 Å². The Morgan fingerprint density at radius 1 is 1.00 bits per heavy atom. The molecule has 0 aliphatic carbocycles. The van der Waals surface area contributed by atoms with Crippen LogP contribution in [0.15, 0.2) is 82.5 Å². The van der Waals surface area contributed by atoms with Crippen LogP contribution in [0.1, 0.15) is 28.6 Å². The zero-order valence-electron chi connectivity index (χ0n) is 19.0. The maximum Gasteiger partial charge on any atom is 0.375 e. The average molecular weight is 456 g/mol. The molecular weight excluding hydrogens is 432 g/mol. The van der Waals surface area contributed by atoms with E-state index in [1.165, 1.54) is 0 Å². The molecule has 1 aromatic heterocycles. The van der Waals surface area contributed by atoms with Gasteiger partial charge in [0.2, 0.25) is 11.2 Å². The second-order valence-corrected chi connectivity index (χ2v) is 7.48. The number of ether oxygens (including phenoxy) is 3. The molecule has 0 bridgehead atoms. The quantitative estimate of drug-likeness (QED) is 0.309. The van der Waals surface area contributed by atoms with E-state index < -0.39 is 5.97 Å². The summed E-state index contributed by atoms with van der Waals surface area (Å²) in [5.74, 6) is 0.283. The third kappa shape index (κ3) is 4.71. The minimum Gasteiger partial charge on any atom is -0.497 e. The summed E-state index contributed by atoms with van der Waals surface area (Å²) >= 11 is 0. The fraction of sp³-hybridized carbons (Fsp3) is 0.143. The number of hydrogen-bond acceptors (Lipinski definition) is 6. The Bertz CT molecular complexity index is 1380. The summed E-state index contributed by atoms with van der Waals surface area (Å²) in [6, 6.07) is 19.6. The second-order valence-electron chi connectivity index (χ2n) is 7.48. The number of methoxy groups -OCH3 is 1. The van der Waals surface area contributed by atoms with Gasteiger partial charge in [0, 0.05) is 6.07 Å². The van der Waals surface area contributed by atoms with Gasteiger partial charge in [0.25, 0.3) is 0 Å². The molecule has 1 heterocycles. The number of hydrogen-bond donors (Lipinski definition) is 0. The van der Waals surface area contributed by atoms with E-state index in [2.05, 4.69) is 6.58 Å². The molecule has 0 saturated heterocycles. The van der Waals surface area contributed by atoms with Crippen molar-refractivity contribution in [2.24, 2.45) is 0 Å². The molecule has 172 valence electrons. The number of benzene rings is 3. The molecule has 0 N–H and O–H groups in total. The van der Waals surface area contributed by atoms with E-state index in [1.807, 2.05) is 24.3 Å². The molecule has 0 saturated carbocycles. The SMILES string of the molecule is C=Cc1ccc(COc2ccc3c(=O)c(-c4ccc(OC)cc4)c(C(=O)OCC)oc3c2)cc1. The first-order chi connectivity index (χ1) is 16.5. The van der Waals surface area contributed by atoms with Gasteiger partial charge in [0.15, 0.2) is 0 Å². The molecule has 0 aliphatic heterocycles. The molecule has 6 heteroatoms. The summed E-state index contributed by atoms with van der Waals surface area (Å²) in [6.07, 6.45) is 1.78. The first-order valence-electron chi connectivity index (χ1n) is 10.8. The highest BCUT2D eigenvalue weighted by molar-refractivity contribution is 5.97. The number of fused-ring (bicyclic) bond motifs is 1. The Morgan fingerprint density at radius 3 is 2.35 bits per heavy atom. The monoisotopic (exact) mass is 456 g/mol. The maximum absolute atomic E-state index is 13.4. The van der Waals surface area contributed by atoms with Crippen LogP contribution in [0.25, 0.3) is 28.2 Å². The topological polar surface area (TPSA) is 75.0 Å². The van der Waals surface area contributed by atoms with E-state index in [9.17, 15) is 9.59 Å². The summed E-state index contributed by atoms with van der Waals surface area (Å²) in [6.45, 7) is 5.93. The zero-order valence-corrected chi connectivity index (χ0v) is 19.0. The van der Waals surface area contributed by atoms with E-state index in [4.69, 9.17) is 18.6 Å². The van der Waals surface area contributed by atoms with Gasteiger partial charge in [-0.1, -0.05) is 49.1 Å². The van der Waals surface area contributed by atoms with Crippen molar-refractivity contribution in [3.63, 3.8) is 0 Å². The van der Waals surface area contributed by atoms with Gasteiger partial charge in [-0.15, -0.1) is 0 Å². The Kier molecular flexibility index (Phi) is 6.78. The van der Waals surface area contributed by atoms with Gasteiger partial charge in [-0.25, -0.2) is 4.79 Å². The van der Waals surface area contributed by atoms with E-state index in [-0.39, 0.29) is 28.9 Å². The number of carbonyl (C=O) groups is 1. The van der Waals surface area contributed by atoms with E-state index in [0.29, 0.717) is 29.1 Å². The molecule has 0 aliphatic rings. The molecule has 0 spiro atoms. The largest absolute Gasteiger partial charge is 0.497 e. The molecule has 0 radical (unpaired) electrons. The molecule has 3 aromatic carbocycles. The van der Waals surface area contributed by atoms with Crippen LogP contribution < -0.4 is 14.9 Å². The highest BCUT2D eigenvalue weighted by Crippen LogP contribution is 2.29. The van der Waals surface area contributed by atoms with Gasteiger partial charge in [0.05, 0.1) is 24.7 Å². The minimum atomic E-state index is -0.707. The standard InChI is InChI=1S/C28H24O6/c1-4-18-6-8-19(9-7-18)17-33-22-14-15-23-24(16-22)34-27(28(30)32-5-2)25(26(23)29)20-10-12-21(31-3)13-11-20/h4,6-16H,1,5,17H2,2-3H3. The first kappa shape index (κ1) is 22.9. The predicted octanol–water partition coefficient (Wildman–Crippen LogP) is 5.87. The molecule has 4 aromatic rings. The lowest BCUT2D eigenvalue weighted by molar-refractivity contribution is 0.0492. The van der Waals surface area contributed by atoms with Crippen LogP contribution in [-0.2, 0) is 11.3 Å². The Labute approximate surface area is 197 Å². The van der Waals surface area contributed by atoms with Crippen LogP contribution in [0.5, 0.6) is 11.5 Å². The molecule has 0 atom stereocenters. The normalized spacial score (nSPS) is 10.6. The van der Waals surface area contributed by atoms with Crippen LogP contribution in [0.4, 0.5) is 0 Å². The fourth-order valence-corrected chi connectivity index (χ4v) is 3.54. The Balaban J connectivity index is 1.73. The summed E-state index contributed by atoms with van der Waals surface area (Å²) in [4.78, 5) is 26.1. The lowest BCUT2D eigenvalue weighted by Crippen LogP contribution is -2.15. The van der Waals surface area contributed by atoms with Gasteiger partial charge in [-0.2, -0.15) is 0 Å². The van der Waals surface area contributed by atoms with Crippen LogP contribution in [0.3, 0.4) is 0 Å². The first-order valence-corrected chi connectivity index (χ1v) is 10.8. The van der Waals surface area contributed by atoms with Crippen molar-refractivity contribution in [1.29, 1.82) is 0 Å². The lowest BCUT2D eigenvalue weighted by Gasteiger charge is -2.11. The summed E-state index contributed by atoms with van der Waals surface area (Å²) in [7, 11) is 1.55. The minimum absolute atomic E-state index is 0.143. The van der Waals surface area contributed by atoms with E-state index in [1.54, 1.807) is 62.6 Å². The number of carbonyl (C=O) groups excluding carboxylic acids is 1. The fourth-order valence-electron chi connectivity index (χ4n) is 3.54. The van der Waals surface area contributed by atoms with Gasteiger partial charge in [-0.05, 0) is 47.9 Å². The van der Waals surface area contributed by atoms with Gasteiger partial charge in [0.1, 0.15) is 23.7 Å². The summed E-state index contributed by atoms with van der Waals surface area (Å²) < 4.78 is 22.2. The van der Waals surface area contributed by atoms with Crippen molar-refractivity contribution >= 4 is 23.0 Å². The van der Waals surface area contributed by atoms with E-state index in [0.717, 1.165) is 11.1 Å². The summed E-state index contributed by atoms with van der Waals surface area (Å²) in [5.41, 5.74) is 2.59. The number of esters is 1. The van der Waals surface area contributed by atoms with Crippen molar-refractivity contribution in [1.82, 2.24) is 0 Å². The van der Waals surface area contributed by atoms with Crippen molar-refractivity contribution in [3.8, 4) is 22.6 Å². The van der Waals surface area contributed by atoms with Crippen LogP contribution in [0.2, 0.25) is 0 Å². The molecule has 0 unspecified atom stereocenters. The smallest absolute Gasteiger partial charge is 0.375 e. The molecule has 34 heavy (non-hydrogen) atoms. The molecular formula is C28H24O6. The van der Waals surface area contributed by atoms with Gasteiger partial charge < -0.3 is 18.6 Å². The molecule has 4 rings (SSSR count). The Hall–Kier alpha value is -4.32. The second kappa shape index (κ2) is 10.1. The zero-order chi connectivity index (χ0) is 24.1. The highest BCUT2D eigenvalue weighted by Gasteiger charge is 2.23. The van der Waals surface area contributed by atoms with Crippen molar-refractivity contribution < 1.29 is 23.4 Å². The molecule has 0 amide bonds. The van der Waals surface area contributed by atoms with Crippen LogP contribution in [0, 0.1) is 0 Å². The number of rotatable bonds is 8. The lowest BCUT2D eigenvalue weighted by atomic mass is 10.0. The third-order valence-electron chi connectivity index (χ3n) is 5.32. The third-order valence-corrected chi connectivity index (χ3v) is 5.32. The average Bonchev–Trinajstić information content (AvgIpc) is 2.87. The molecule has 0 fully saturated rings. The van der Waals surface area contributed by atoms with Gasteiger partial charge in [-0.3, -0.25) is 4.79 Å². The van der Waals surface area contributed by atoms with Crippen molar-refractivity contribution in [2.45, 2.75) is 13.5 Å². The molecule has 6 nitrogen and oxygen atoms in total. The maximum atomic E-state index is 13.4. The summed E-state index contributed by atoms with van der Waals surface area (Å²) in [5, 5.41) is 0.335. The van der Waals surface area contributed by atoms with Crippen LogP contribution in [-0.4, -0.2) is 19.7 Å². The highest BCUT2D eigenvalue weighted by atomic mass is 16.5. The van der Waals surface area contributed by atoms with Crippen molar-refractivity contribution in [3.05, 3.63) is 100 Å². The van der Waals surface area contributed by atoms with Crippen molar-refractivity contribution in [2.75, 3.05) is 13.7 Å². The van der Waals surface area contributed by atoms with Gasteiger partial charge >= 0.3 is 5.97 Å².